The molecule has 0 aliphatic rings. The van der Waals surface area contributed by atoms with Crippen molar-refractivity contribution in [2.45, 2.75) is 26.8 Å². The van der Waals surface area contributed by atoms with Crippen LogP contribution in [0.3, 0.4) is 0 Å². The summed E-state index contributed by atoms with van der Waals surface area (Å²) in [4.78, 5) is 8.40. The lowest BCUT2D eigenvalue weighted by molar-refractivity contribution is 0.701. The van der Waals surface area contributed by atoms with Crippen LogP contribution < -0.4 is 0 Å². The van der Waals surface area contributed by atoms with E-state index in [2.05, 4.69) is 27.7 Å². The average molecular weight is 175 g/mol. The fraction of sp³-hybridized carbons (Fsp3) is 0.400. The summed E-state index contributed by atoms with van der Waals surface area (Å²) in [5, 5.41) is 0. The lowest BCUT2D eigenvalue weighted by Crippen LogP contribution is -1.97. The Hall–Kier alpha value is -1.38. The van der Waals surface area contributed by atoms with Crippen LogP contribution in [0.1, 0.15) is 19.0 Å². The molecule has 0 atom stereocenters. The standard InChI is InChI=1S/C10H13N3/c1-3-5-13-6-4-9-10(13)8(2)11-7-12-9/h4,6-7H,3,5H2,1-2H3. The van der Waals surface area contributed by atoms with E-state index in [1.54, 1.807) is 6.33 Å². The molecule has 0 aliphatic carbocycles. The first kappa shape index (κ1) is 8.23. The predicted molar refractivity (Wildman–Crippen MR) is 52.6 cm³/mol. The third-order valence-corrected chi connectivity index (χ3v) is 2.20. The van der Waals surface area contributed by atoms with E-state index in [-0.39, 0.29) is 0 Å². The van der Waals surface area contributed by atoms with Crippen molar-refractivity contribution < 1.29 is 0 Å². The first-order valence-electron chi connectivity index (χ1n) is 4.59. The molecule has 0 amide bonds. The lowest BCUT2D eigenvalue weighted by Gasteiger charge is -2.03. The second-order valence-electron chi connectivity index (χ2n) is 3.20. The number of hydrogen-bond donors (Lipinski definition) is 0. The molecule has 0 aromatic carbocycles. The highest BCUT2D eigenvalue weighted by molar-refractivity contribution is 5.77. The summed E-state index contributed by atoms with van der Waals surface area (Å²) in [5.74, 6) is 0. The zero-order valence-corrected chi connectivity index (χ0v) is 7.99. The molecule has 0 bridgehead atoms. The van der Waals surface area contributed by atoms with Crippen molar-refractivity contribution in [2.24, 2.45) is 0 Å². The van der Waals surface area contributed by atoms with Gasteiger partial charge < -0.3 is 4.57 Å². The van der Waals surface area contributed by atoms with Gasteiger partial charge in [-0.15, -0.1) is 0 Å². The number of aryl methyl sites for hydroxylation is 2. The topological polar surface area (TPSA) is 30.7 Å². The van der Waals surface area contributed by atoms with Gasteiger partial charge in [0.15, 0.2) is 0 Å². The number of nitrogens with zero attached hydrogens (tertiary/aromatic N) is 3. The summed E-state index contributed by atoms with van der Waals surface area (Å²) in [6.45, 7) is 5.23. The summed E-state index contributed by atoms with van der Waals surface area (Å²) < 4.78 is 2.21. The number of hydrogen-bond acceptors (Lipinski definition) is 2. The Balaban J connectivity index is 2.64. The van der Waals surface area contributed by atoms with Crippen molar-refractivity contribution >= 4 is 11.0 Å². The van der Waals surface area contributed by atoms with Crippen LogP contribution in [0, 0.1) is 6.92 Å². The molecule has 0 fully saturated rings. The molecule has 0 spiro atoms. The molecule has 2 aromatic rings. The maximum atomic E-state index is 4.21. The minimum absolute atomic E-state index is 1.04. The minimum Gasteiger partial charge on any atom is -0.345 e. The summed E-state index contributed by atoms with van der Waals surface area (Å²) in [7, 11) is 0. The average Bonchev–Trinajstić information content (AvgIpc) is 2.51. The fourth-order valence-corrected chi connectivity index (χ4v) is 1.62. The van der Waals surface area contributed by atoms with Gasteiger partial charge in [0.2, 0.25) is 0 Å². The highest BCUT2D eigenvalue weighted by Crippen LogP contribution is 2.15. The molecule has 68 valence electrons. The molecule has 0 aliphatic heterocycles. The fourth-order valence-electron chi connectivity index (χ4n) is 1.62. The van der Waals surface area contributed by atoms with Gasteiger partial charge in [-0.05, 0) is 19.4 Å². The van der Waals surface area contributed by atoms with E-state index in [1.165, 1.54) is 5.52 Å². The van der Waals surface area contributed by atoms with E-state index in [4.69, 9.17) is 0 Å². The molecule has 13 heavy (non-hydrogen) atoms. The Bertz CT molecular complexity index is 417. The zero-order chi connectivity index (χ0) is 9.26. The summed E-state index contributed by atoms with van der Waals surface area (Å²) in [6.07, 6.45) is 4.84. The van der Waals surface area contributed by atoms with Crippen LogP contribution in [0.2, 0.25) is 0 Å². The van der Waals surface area contributed by atoms with Crippen molar-refractivity contribution in [3.8, 4) is 0 Å². The predicted octanol–water partition coefficient (Wildman–Crippen LogP) is 2.15. The van der Waals surface area contributed by atoms with Gasteiger partial charge in [0, 0.05) is 12.7 Å². The smallest absolute Gasteiger partial charge is 0.116 e. The third kappa shape index (κ3) is 1.30. The van der Waals surface area contributed by atoms with Crippen LogP contribution in [-0.4, -0.2) is 14.5 Å². The Morgan fingerprint density at radius 2 is 2.23 bits per heavy atom. The Labute approximate surface area is 77.4 Å². The third-order valence-electron chi connectivity index (χ3n) is 2.20. The Morgan fingerprint density at radius 1 is 1.38 bits per heavy atom. The molecule has 0 unspecified atom stereocenters. The highest BCUT2D eigenvalue weighted by Gasteiger charge is 2.03. The van der Waals surface area contributed by atoms with Gasteiger partial charge in [0.1, 0.15) is 6.33 Å². The minimum atomic E-state index is 1.04. The van der Waals surface area contributed by atoms with Crippen LogP contribution in [0.25, 0.3) is 11.0 Å². The quantitative estimate of drug-likeness (QED) is 0.700. The van der Waals surface area contributed by atoms with Crippen LogP contribution >= 0.6 is 0 Å². The largest absolute Gasteiger partial charge is 0.345 e. The second kappa shape index (κ2) is 3.17. The van der Waals surface area contributed by atoms with E-state index in [1.807, 2.05) is 13.0 Å². The first-order chi connectivity index (χ1) is 6.33. The molecule has 3 nitrogen and oxygen atoms in total. The first-order valence-corrected chi connectivity index (χ1v) is 4.59. The lowest BCUT2D eigenvalue weighted by atomic mass is 10.3. The van der Waals surface area contributed by atoms with Crippen molar-refractivity contribution in [1.82, 2.24) is 14.5 Å². The molecule has 0 N–H and O–H groups in total. The van der Waals surface area contributed by atoms with Crippen molar-refractivity contribution in [1.29, 1.82) is 0 Å². The van der Waals surface area contributed by atoms with E-state index >= 15 is 0 Å². The van der Waals surface area contributed by atoms with Crippen LogP contribution in [0.4, 0.5) is 0 Å². The summed E-state index contributed by atoms with van der Waals surface area (Å²) in [5.41, 5.74) is 3.27. The van der Waals surface area contributed by atoms with Crippen LogP contribution in [0.15, 0.2) is 18.6 Å². The zero-order valence-electron chi connectivity index (χ0n) is 7.99. The summed E-state index contributed by atoms with van der Waals surface area (Å²) >= 11 is 0. The van der Waals surface area contributed by atoms with Crippen molar-refractivity contribution in [2.75, 3.05) is 0 Å². The van der Waals surface area contributed by atoms with Crippen LogP contribution in [-0.2, 0) is 6.54 Å². The number of fused-ring (bicyclic) bond motifs is 1. The number of aromatic nitrogens is 3. The van der Waals surface area contributed by atoms with E-state index in [0.29, 0.717) is 0 Å². The van der Waals surface area contributed by atoms with Gasteiger partial charge in [-0.3, -0.25) is 0 Å². The van der Waals surface area contributed by atoms with Crippen molar-refractivity contribution in [3.05, 3.63) is 24.3 Å². The maximum absolute atomic E-state index is 4.21. The van der Waals surface area contributed by atoms with E-state index in [9.17, 15) is 0 Å². The maximum Gasteiger partial charge on any atom is 0.116 e. The molecule has 2 rings (SSSR count). The SMILES string of the molecule is CCCn1ccc2ncnc(C)c21. The van der Waals surface area contributed by atoms with Gasteiger partial charge in [-0.25, -0.2) is 9.97 Å². The molecule has 0 radical (unpaired) electrons. The Kier molecular flexibility index (Phi) is 2.00. The molecule has 0 saturated heterocycles. The van der Waals surface area contributed by atoms with Crippen LogP contribution in [0.5, 0.6) is 0 Å². The molecular weight excluding hydrogens is 162 g/mol. The molecule has 2 heterocycles. The molecule has 3 heteroatoms. The van der Waals surface area contributed by atoms with E-state index < -0.39 is 0 Å². The Morgan fingerprint density at radius 3 is 3.00 bits per heavy atom. The normalized spacial score (nSPS) is 10.9. The van der Waals surface area contributed by atoms with Gasteiger partial charge in [-0.1, -0.05) is 6.92 Å². The summed E-state index contributed by atoms with van der Waals surface area (Å²) in [6, 6.07) is 2.04. The molecule has 0 saturated carbocycles. The van der Waals surface area contributed by atoms with Gasteiger partial charge in [0.05, 0.1) is 16.7 Å². The van der Waals surface area contributed by atoms with Gasteiger partial charge in [0.25, 0.3) is 0 Å². The molecular formula is C10H13N3. The van der Waals surface area contributed by atoms with Gasteiger partial charge >= 0.3 is 0 Å². The highest BCUT2D eigenvalue weighted by atomic mass is 15.0. The van der Waals surface area contributed by atoms with Gasteiger partial charge in [-0.2, -0.15) is 0 Å². The van der Waals surface area contributed by atoms with E-state index in [0.717, 1.165) is 24.2 Å². The molecule has 2 aromatic heterocycles. The monoisotopic (exact) mass is 175 g/mol. The second-order valence-corrected chi connectivity index (χ2v) is 3.20. The number of rotatable bonds is 2. The van der Waals surface area contributed by atoms with Crippen molar-refractivity contribution in [3.63, 3.8) is 0 Å².